The van der Waals surface area contributed by atoms with Crippen molar-refractivity contribution in [3.63, 3.8) is 0 Å². The molecule has 1 fully saturated rings. The fraction of sp³-hybridized carbons (Fsp3) is 0.636. The molecule has 1 aromatic heterocycles. The molecule has 0 spiro atoms. The molecule has 2 heterocycles. The van der Waals surface area contributed by atoms with Crippen LogP contribution in [0, 0.1) is 13.8 Å². The van der Waals surface area contributed by atoms with Gasteiger partial charge < -0.3 is 4.90 Å². The van der Waals surface area contributed by atoms with Gasteiger partial charge in [-0.15, -0.1) is 10.2 Å². The smallest absolute Gasteiger partial charge is 0.155 e. The summed E-state index contributed by atoms with van der Waals surface area (Å²) in [7, 11) is -2.91. The number of hydrogen-bond donors (Lipinski definition) is 0. The van der Waals surface area contributed by atoms with E-state index in [2.05, 4.69) is 10.2 Å². The monoisotopic (exact) mass is 289 g/mol. The van der Waals surface area contributed by atoms with E-state index in [0.717, 1.165) is 16.9 Å². The highest BCUT2D eigenvalue weighted by molar-refractivity contribution is 7.91. The quantitative estimate of drug-likeness (QED) is 0.781. The van der Waals surface area contributed by atoms with E-state index in [-0.39, 0.29) is 11.5 Å². The van der Waals surface area contributed by atoms with Crippen LogP contribution in [-0.4, -0.2) is 43.2 Å². The second kappa shape index (κ2) is 5.01. The molecule has 2 rings (SSSR count). The van der Waals surface area contributed by atoms with Gasteiger partial charge in [0, 0.05) is 13.1 Å². The van der Waals surface area contributed by atoms with Gasteiger partial charge in [0.2, 0.25) is 0 Å². The molecule has 5 nitrogen and oxygen atoms in total. The van der Waals surface area contributed by atoms with Crippen LogP contribution in [0.1, 0.15) is 17.5 Å². The summed E-state index contributed by atoms with van der Waals surface area (Å²) in [5.41, 5.74) is 1.86. The maximum Gasteiger partial charge on any atom is 0.155 e. The molecule has 100 valence electrons. The largest absolute Gasteiger partial charge is 0.354 e. The Morgan fingerprint density at radius 1 is 1.11 bits per heavy atom. The highest BCUT2D eigenvalue weighted by Gasteiger charge is 2.22. The number of rotatable bonds is 1. The Kier molecular flexibility index (Phi) is 3.77. The Labute approximate surface area is 112 Å². The molecule has 0 unspecified atom stereocenters. The zero-order valence-corrected chi connectivity index (χ0v) is 12.1. The van der Waals surface area contributed by atoms with E-state index in [0.29, 0.717) is 24.7 Å². The van der Waals surface area contributed by atoms with Crippen molar-refractivity contribution in [3.8, 4) is 0 Å². The van der Waals surface area contributed by atoms with Crippen molar-refractivity contribution in [3.05, 3.63) is 16.3 Å². The number of halogens is 1. The Hall–Kier alpha value is -0.880. The van der Waals surface area contributed by atoms with E-state index >= 15 is 0 Å². The lowest BCUT2D eigenvalue weighted by atomic mass is 10.2. The molecule has 7 heteroatoms. The lowest BCUT2D eigenvalue weighted by Crippen LogP contribution is -2.28. The summed E-state index contributed by atoms with van der Waals surface area (Å²) in [6.45, 7) is 4.99. The lowest BCUT2D eigenvalue weighted by molar-refractivity contribution is 0.597. The van der Waals surface area contributed by atoms with Crippen molar-refractivity contribution in [2.75, 3.05) is 29.5 Å². The molecule has 0 N–H and O–H groups in total. The third-order valence-electron chi connectivity index (χ3n) is 3.29. The number of anilines is 1. The van der Waals surface area contributed by atoms with Gasteiger partial charge in [-0.25, -0.2) is 8.42 Å². The molecule has 0 aromatic carbocycles. The van der Waals surface area contributed by atoms with Crippen molar-refractivity contribution >= 4 is 27.3 Å². The molecule has 0 amide bonds. The third-order valence-corrected chi connectivity index (χ3v) is 5.37. The first-order valence-corrected chi connectivity index (χ1v) is 8.05. The van der Waals surface area contributed by atoms with Crippen molar-refractivity contribution in [2.24, 2.45) is 0 Å². The van der Waals surface area contributed by atoms with Gasteiger partial charge in [0.1, 0.15) is 0 Å². The van der Waals surface area contributed by atoms with Gasteiger partial charge >= 0.3 is 0 Å². The van der Waals surface area contributed by atoms with E-state index in [9.17, 15) is 8.42 Å². The summed E-state index contributed by atoms with van der Waals surface area (Å²) < 4.78 is 23.1. The second-order valence-electron chi connectivity index (χ2n) is 4.56. The van der Waals surface area contributed by atoms with Crippen LogP contribution in [0.25, 0.3) is 0 Å². The minimum absolute atomic E-state index is 0.176. The normalized spacial score (nSPS) is 19.6. The van der Waals surface area contributed by atoms with E-state index in [4.69, 9.17) is 11.6 Å². The van der Waals surface area contributed by atoms with E-state index in [1.165, 1.54) is 0 Å². The zero-order valence-electron chi connectivity index (χ0n) is 10.5. The lowest BCUT2D eigenvalue weighted by Gasteiger charge is -2.22. The fourth-order valence-corrected chi connectivity index (χ4v) is 3.47. The van der Waals surface area contributed by atoms with Gasteiger partial charge in [0.25, 0.3) is 0 Å². The molecular formula is C11H16ClN3O2S. The van der Waals surface area contributed by atoms with Gasteiger partial charge in [-0.05, 0) is 31.4 Å². The molecule has 1 aliphatic rings. The minimum atomic E-state index is -2.91. The summed E-state index contributed by atoms with van der Waals surface area (Å²) in [5, 5.41) is 8.41. The summed E-state index contributed by atoms with van der Waals surface area (Å²) in [4.78, 5) is 1.98. The molecule has 1 aliphatic heterocycles. The summed E-state index contributed by atoms with van der Waals surface area (Å²) >= 11 is 5.91. The zero-order chi connectivity index (χ0) is 13.3. The highest BCUT2D eigenvalue weighted by Crippen LogP contribution is 2.24. The number of aromatic nitrogens is 2. The highest BCUT2D eigenvalue weighted by atomic mass is 35.5. The Morgan fingerprint density at radius 2 is 1.83 bits per heavy atom. The van der Waals surface area contributed by atoms with Crippen LogP contribution < -0.4 is 4.90 Å². The summed E-state index contributed by atoms with van der Waals surface area (Å²) in [6, 6.07) is 0. The minimum Gasteiger partial charge on any atom is -0.354 e. The molecule has 1 saturated heterocycles. The SMILES string of the molecule is Cc1c(Cl)nnc(N2CCCS(=O)(=O)CC2)c1C. The fourth-order valence-electron chi connectivity index (χ4n) is 2.01. The molecule has 0 radical (unpaired) electrons. The molecule has 1 aromatic rings. The Balaban J connectivity index is 2.30. The predicted molar refractivity (Wildman–Crippen MR) is 72.0 cm³/mol. The first-order valence-electron chi connectivity index (χ1n) is 5.85. The van der Waals surface area contributed by atoms with Gasteiger partial charge in [-0.2, -0.15) is 0 Å². The first kappa shape index (κ1) is 13.5. The van der Waals surface area contributed by atoms with Crippen LogP contribution in [-0.2, 0) is 9.84 Å². The van der Waals surface area contributed by atoms with Crippen molar-refractivity contribution < 1.29 is 8.42 Å². The van der Waals surface area contributed by atoms with Gasteiger partial charge in [0.05, 0.1) is 11.5 Å². The standard InChI is InChI=1S/C11H16ClN3O2S/c1-8-9(2)11(14-13-10(8)12)15-4-3-6-18(16,17)7-5-15/h3-7H2,1-2H3. The number of sulfone groups is 1. The summed E-state index contributed by atoms with van der Waals surface area (Å²) in [5.74, 6) is 1.17. The molecule has 0 saturated carbocycles. The Bertz CT molecular complexity index is 560. The van der Waals surface area contributed by atoms with Gasteiger partial charge in [-0.1, -0.05) is 11.6 Å². The Morgan fingerprint density at radius 3 is 2.56 bits per heavy atom. The van der Waals surface area contributed by atoms with Crippen molar-refractivity contribution in [2.45, 2.75) is 20.3 Å². The first-order chi connectivity index (χ1) is 8.41. The van der Waals surface area contributed by atoms with Gasteiger partial charge in [0.15, 0.2) is 20.8 Å². The van der Waals surface area contributed by atoms with E-state index in [1.54, 1.807) is 0 Å². The predicted octanol–water partition coefficient (Wildman–Crippen LogP) is 1.37. The number of nitrogens with zero attached hydrogens (tertiary/aromatic N) is 3. The molecule has 0 aliphatic carbocycles. The molecule has 0 atom stereocenters. The van der Waals surface area contributed by atoms with Crippen molar-refractivity contribution in [1.82, 2.24) is 10.2 Å². The van der Waals surface area contributed by atoms with Crippen LogP contribution in [0.2, 0.25) is 5.15 Å². The van der Waals surface area contributed by atoms with Crippen molar-refractivity contribution in [1.29, 1.82) is 0 Å². The maximum absolute atomic E-state index is 11.6. The van der Waals surface area contributed by atoms with E-state index in [1.807, 2.05) is 18.7 Å². The molecule has 18 heavy (non-hydrogen) atoms. The topological polar surface area (TPSA) is 63.2 Å². The number of hydrogen-bond acceptors (Lipinski definition) is 5. The van der Waals surface area contributed by atoms with Gasteiger partial charge in [-0.3, -0.25) is 0 Å². The van der Waals surface area contributed by atoms with Crippen LogP contribution in [0.4, 0.5) is 5.82 Å². The molecular weight excluding hydrogens is 274 g/mol. The molecule has 0 bridgehead atoms. The average molecular weight is 290 g/mol. The second-order valence-corrected chi connectivity index (χ2v) is 7.22. The van der Waals surface area contributed by atoms with Crippen LogP contribution in [0.3, 0.4) is 0 Å². The summed E-state index contributed by atoms with van der Waals surface area (Å²) in [6.07, 6.45) is 0.630. The van der Waals surface area contributed by atoms with Crippen LogP contribution in [0.15, 0.2) is 0 Å². The van der Waals surface area contributed by atoms with Crippen LogP contribution >= 0.6 is 11.6 Å². The third kappa shape index (κ3) is 2.75. The van der Waals surface area contributed by atoms with E-state index < -0.39 is 9.84 Å². The average Bonchev–Trinajstić information content (AvgIpc) is 2.48. The van der Waals surface area contributed by atoms with Crippen LogP contribution in [0.5, 0.6) is 0 Å². The maximum atomic E-state index is 11.6.